The van der Waals surface area contributed by atoms with Gasteiger partial charge in [0.1, 0.15) is 18.2 Å². The molecule has 2 N–H and O–H groups in total. The van der Waals surface area contributed by atoms with Gasteiger partial charge in [0.15, 0.2) is 5.82 Å². The predicted molar refractivity (Wildman–Crippen MR) is 81.1 cm³/mol. The Hall–Kier alpha value is -1.40. The smallest absolute Gasteiger partial charge is 0.158 e. The van der Waals surface area contributed by atoms with Crippen LogP contribution in [0.2, 0.25) is 0 Å². The molecule has 6 heteroatoms. The summed E-state index contributed by atoms with van der Waals surface area (Å²) < 4.78 is 5.12. The highest BCUT2D eigenvalue weighted by atomic mass is 16.5. The van der Waals surface area contributed by atoms with Gasteiger partial charge in [-0.15, -0.1) is 0 Å². The number of rotatable bonds is 9. The summed E-state index contributed by atoms with van der Waals surface area (Å²) in [6, 6.07) is 2.18. The molecule has 0 aromatic carbocycles. The van der Waals surface area contributed by atoms with Crippen molar-refractivity contribution in [2.45, 2.75) is 39.8 Å². The maximum Gasteiger partial charge on any atom is 0.158 e. The Kier molecular flexibility index (Phi) is 7.25. The molecule has 6 nitrogen and oxygen atoms in total. The van der Waals surface area contributed by atoms with E-state index in [-0.39, 0.29) is 12.6 Å². The topological polar surface area (TPSA) is 70.5 Å². The van der Waals surface area contributed by atoms with E-state index in [4.69, 9.17) is 4.74 Å². The Bertz CT molecular complexity index is 399. The largest absolute Gasteiger partial charge is 0.395 e. The first kappa shape index (κ1) is 16.7. The lowest BCUT2D eigenvalue weighted by Gasteiger charge is -2.27. The molecule has 1 rings (SSSR count). The molecule has 0 spiro atoms. The summed E-state index contributed by atoms with van der Waals surface area (Å²) >= 11 is 0. The lowest BCUT2D eigenvalue weighted by atomic mass is 10.3. The van der Waals surface area contributed by atoms with Crippen LogP contribution in [0.25, 0.3) is 0 Å². The van der Waals surface area contributed by atoms with Crippen LogP contribution in [0, 0.1) is 0 Å². The van der Waals surface area contributed by atoms with Gasteiger partial charge in [0, 0.05) is 32.3 Å². The Labute approximate surface area is 121 Å². The van der Waals surface area contributed by atoms with Crippen LogP contribution in [0.15, 0.2) is 6.07 Å². The third-order valence-electron chi connectivity index (χ3n) is 2.85. The van der Waals surface area contributed by atoms with Crippen molar-refractivity contribution in [1.29, 1.82) is 0 Å². The van der Waals surface area contributed by atoms with E-state index in [1.807, 2.05) is 6.07 Å². The lowest BCUT2D eigenvalue weighted by molar-refractivity contribution is 0.178. The van der Waals surface area contributed by atoms with Crippen LogP contribution in [-0.4, -0.2) is 47.9 Å². The maximum absolute atomic E-state index is 9.20. The molecule has 0 fully saturated rings. The molecule has 0 saturated heterocycles. The summed E-state index contributed by atoms with van der Waals surface area (Å²) in [4.78, 5) is 11.0. The average Bonchev–Trinajstić information content (AvgIpc) is 2.42. The number of nitrogens with zero attached hydrogens (tertiary/aromatic N) is 3. The molecular weight excluding hydrogens is 256 g/mol. The van der Waals surface area contributed by atoms with E-state index < -0.39 is 0 Å². The summed E-state index contributed by atoms with van der Waals surface area (Å²) in [6.07, 6.45) is 1.03. The van der Waals surface area contributed by atoms with Gasteiger partial charge in [0.25, 0.3) is 0 Å². The van der Waals surface area contributed by atoms with Crippen molar-refractivity contribution in [1.82, 2.24) is 9.97 Å². The summed E-state index contributed by atoms with van der Waals surface area (Å²) in [7, 11) is 1.63. The summed E-state index contributed by atoms with van der Waals surface area (Å²) in [5.41, 5.74) is 0. The third kappa shape index (κ3) is 4.94. The number of anilines is 2. The van der Waals surface area contributed by atoms with E-state index in [1.165, 1.54) is 0 Å². The van der Waals surface area contributed by atoms with Crippen LogP contribution in [0.1, 0.15) is 33.0 Å². The molecule has 0 aliphatic rings. The molecule has 0 amide bonds. The highest BCUT2D eigenvalue weighted by Gasteiger charge is 2.14. The van der Waals surface area contributed by atoms with E-state index in [0.29, 0.717) is 19.0 Å². The van der Waals surface area contributed by atoms with E-state index >= 15 is 0 Å². The number of nitrogens with one attached hydrogen (secondary N) is 1. The van der Waals surface area contributed by atoms with Crippen LogP contribution < -0.4 is 10.2 Å². The Morgan fingerprint density at radius 1 is 1.40 bits per heavy atom. The highest BCUT2D eigenvalue weighted by Crippen LogP contribution is 2.18. The van der Waals surface area contributed by atoms with Crippen molar-refractivity contribution >= 4 is 11.6 Å². The molecule has 1 aromatic rings. The first-order valence-corrected chi connectivity index (χ1v) is 7.10. The van der Waals surface area contributed by atoms with Crippen LogP contribution in [0.4, 0.5) is 11.6 Å². The molecule has 0 aliphatic carbocycles. The number of hydrogen-bond acceptors (Lipinski definition) is 6. The number of aromatic nitrogens is 2. The quantitative estimate of drug-likeness (QED) is 0.717. The molecule has 114 valence electrons. The van der Waals surface area contributed by atoms with Gasteiger partial charge in [-0.3, -0.25) is 0 Å². The van der Waals surface area contributed by atoms with Crippen molar-refractivity contribution in [3.63, 3.8) is 0 Å². The number of aliphatic hydroxyl groups excluding tert-OH is 1. The van der Waals surface area contributed by atoms with Gasteiger partial charge in [-0.2, -0.15) is 0 Å². The predicted octanol–water partition coefficient (Wildman–Crippen LogP) is 1.65. The molecular formula is C14H26N4O2. The standard InChI is InChI=1S/C14H26N4O2/c1-5-6-15-12-9-14(17-13(16-12)10-20-4)18(7-8-19)11(2)3/h9,11,19H,5-8,10H2,1-4H3,(H,15,16,17). The fraction of sp³-hybridized carbons (Fsp3) is 0.714. The minimum Gasteiger partial charge on any atom is -0.395 e. The van der Waals surface area contributed by atoms with Gasteiger partial charge in [-0.05, 0) is 20.3 Å². The van der Waals surface area contributed by atoms with Crippen molar-refractivity contribution < 1.29 is 9.84 Å². The zero-order valence-corrected chi connectivity index (χ0v) is 12.9. The highest BCUT2D eigenvalue weighted by molar-refractivity contribution is 5.50. The second kappa shape index (κ2) is 8.71. The van der Waals surface area contributed by atoms with Gasteiger partial charge in [0.2, 0.25) is 0 Å². The van der Waals surface area contributed by atoms with Crippen molar-refractivity contribution in [3.8, 4) is 0 Å². The monoisotopic (exact) mass is 282 g/mol. The summed E-state index contributed by atoms with van der Waals surface area (Å²) in [6.45, 7) is 8.15. The molecule has 20 heavy (non-hydrogen) atoms. The van der Waals surface area contributed by atoms with Crippen LogP contribution in [0.3, 0.4) is 0 Å². The van der Waals surface area contributed by atoms with E-state index in [0.717, 1.165) is 24.6 Å². The number of ether oxygens (including phenoxy) is 1. The minimum absolute atomic E-state index is 0.0967. The van der Waals surface area contributed by atoms with Gasteiger partial charge in [-0.1, -0.05) is 6.92 Å². The Morgan fingerprint density at radius 2 is 2.15 bits per heavy atom. The normalized spacial score (nSPS) is 10.9. The molecule has 0 aliphatic heterocycles. The lowest BCUT2D eigenvalue weighted by Crippen LogP contribution is -2.34. The summed E-state index contributed by atoms with van der Waals surface area (Å²) in [5, 5.41) is 12.5. The zero-order valence-electron chi connectivity index (χ0n) is 12.9. The first-order chi connectivity index (χ1) is 9.62. The molecule has 0 radical (unpaired) electrons. The SMILES string of the molecule is CCCNc1cc(N(CCO)C(C)C)nc(COC)n1. The molecule has 1 aromatic heterocycles. The van der Waals surface area contributed by atoms with Crippen LogP contribution in [0.5, 0.6) is 0 Å². The van der Waals surface area contributed by atoms with Crippen LogP contribution >= 0.6 is 0 Å². The van der Waals surface area contributed by atoms with Gasteiger partial charge in [-0.25, -0.2) is 9.97 Å². The Balaban J connectivity index is 3.04. The molecule has 0 atom stereocenters. The number of hydrogen-bond donors (Lipinski definition) is 2. The van der Waals surface area contributed by atoms with Gasteiger partial charge < -0.3 is 20.1 Å². The van der Waals surface area contributed by atoms with Crippen LogP contribution in [-0.2, 0) is 11.3 Å². The van der Waals surface area contributed by atoms with Crippen molar-refractivity contribution in [2.24, 2.45) is 0 Å². The van der Waals surface area contributed by atoms with Crippen molar-refractivity contribution in [3.05, 3.63) is 11.9 Å². The first-order valence-electron chi connectivity index (χ1n) is 7.10. The van der Waals surface area contributed by atoms with E-state index in [2.05, 4.69) is 41.0 Å². The second-order valence-corrected chi connectivity index (χ2v) is 4.90. The van der Waals surface area contributed by atoms with E-state index in [9.17, 15) is 5.11 Å². The number of aliphatic hydroxyl groups is 1. The second-order valence-electron chi connectivity index (χ2n) is 4.90. The summed E-state index contributed by atoms with van der Waals surface area (Å²) in [5.74, 6) is 2.26. The zero-order chi connectivity index (χ0) is 15.0. The molecule has 0 bridgehead atoms. The Morgan fingerprint density at radius 3 is 2.70 bits per heavy atom. The molecule has 0 unspecified atom stereocenters. The fourth-order valence-corrected chi connectivity index (χ4v) is 1.91. The van der Waals surface area contributed by atoms with Crippen molar-refractivity contribution in [2.75, 3.05) is 37.0 Å². The van der Waals surface area contributed by atoms with Gasteiger partial charge in [0.05, 0.1) is 6.61 Å². The molecule has 0 saturated carbocycles. The number of methoxy groups -OCH3 is 1. The average molecular weight is 282 g/mol. The maximum atomic E-state index is 9.20. The third-order valence-corrected chi connectivity index (χ3v) is 2.85. The molecule has 1 heterocycles. The van der Waals surface area contributed by atoms with Gasteiger partial charge >= 0.3 is 0 Å². The minimum atomic E-state index is 0.0967. The fourth-order valence-electron chi connectivity index (χ4n) is 1.91. The van der Waals surface area contributed by atoms with E-state index in [1.54, 1.807) is 7.11 Å².